The maximum Gasteiger partial charge on any atom is 0.339 e. The van der Waals surface area contributed by atoms with Crippen molar-refractivity contribution in [1.29, 1.82) is 0 Å². The van der Waals surface area contributed by atoms with Crippen molar-refractivity contribution in [3.8, 4) is 17.1 Å². The van der Waals surface area contributed by atoms with Crippen molar-refractivity contribution in [2.45, 2.75) is 6.54 Å². The molecule has 0 atom stereocenters. The van der Waals surface area contributed by atoms with Gasteiger partial charge in [0.25, 0.3) is 0 Å². The van der Waals surface area contributed by atoms with Crippen molar-refractivity contribution >= 4 is 11.7 Å². The van der Waals surface area contributed by atoms with Crippen LogP contribution >= 0.6 is 0 Å². The number of nitrogens with zero attached hydrogens (tertiary/aromatic N) is 3. The van der Waals surface area contributed by atoms with Crippen LogP contribution in [-0.4, -0.2) is 21.2 Å². The minimum atomic E-state index is -1.19. The lowest BCUT2D eigenvalue weighted by Crippen LogP contribution is -1.97. The highest BCUT2D eigenvalue weighted by Crippen LogP contribution is 2.23. The average molecular weight is 323 g/mol. The second-order valence-corrected chi connectivity index (χ2v) is 4.97. The van der Waals surface area contributed by atoms with Crippen molar-refractivity contribution in [3.05, 3.63) is 66.2 Å². The van der Waals surface area contributed by atoms with E-state index < -0.39 is 5.97 Å². The average Bonchev–Trinajstić information content (AvgIpc) is 3.11. The molecule has 0 spiro atoms. The summed E-state index contributed by atoms with van der Waals surface area (Å²) in [5.74, 6) is -0.788. The molecule has 1 aromatic heterocycles. The fourth-order valence-corrected chi connectivity index (χ4v) is 2.10. The van der Waals surface area contributed by atoms with Crippen molar-refractivity contribution < 1.29 is 19.4 Å². The number of aromatic carboxylic acids is 1. The highest BCUT2D eigenvalue weighted by Gasteiger charge is 2.09. The van der Waals surface area contributed by atoms with Crippen LogP contribution in [0.15, 0.2) is 69.7 Å². The van der Waals surface area contributed by atoms with Crippen molar-refractivity contribution in [3.63, 3.8) is 0 Å². The van der Waals surface area contributed by atoms with E-state index in [4.69, 9.17) is 9.52 Å². The van der Waals surface area contributed by atoms with Gasteiger partial charge in [0, 0.05) is 5.56 Å². The zero-order valence-electron chi connectivity index (χ0n) is 12.5. The maximum absolute atomic E-state index is 11.0. The first-order valence-electron chi connectivity index (χ1n) is 7.05. The van der Waals surface area contributed by atoms with Gasteiger partial charge in [-0.05, 0) is 42.0 Å². The Balaban J connectivity index is 1.68. The lowest BCUT2D eigenvalue weighted by molar-refractivity contribution is 0.0693. The van der Waals surface area contributed by atoms with Gasteiger partial charge in [-0.15, -0.1) is 0 Å². The van der Waals surface area contributed by atoms with Crippen LogP contribution < -0.4 is 0 Å². The van der Waals surface area contributed by atoms with E-state index in [1.54, 1.807) is 24.4 Å². The topological polar surface area (TPSA) is 108 Å². The second kappa shape index (κ2) is 6.74. The summed E-state index contributed by atoms with van der Waals surface area (Å²) in [6.07, 6.45) is 2.99. The number of hydrogen-bond donors (Lipinski definition) is 2. The Morgan fingerprint density at radius 2 is 1.96 bits per heavy atom. The minimum Gasteiger partial charge on any atom is -0.507 e. The molecule has 0 unspecified atom stereocenters. The third-order valence-corrected chi connectivity index (χ3v) is 3.31. The molecule has 0 aliphatic rings. The number of aromatic hydroxyl groups is 1. The van der Waals surface area contributed by atoms with E-state index in [0.29, 0.717) is 17.0 Å². The van der Waals surface area contributed by atoms with Crippen LogP contribution in [0.5, 0.6) is 5.75 Å². The van der Waals surface area contributed by atoms with Gasteiger partial charge >= 0.3 is 5.97 Å². The quantitative estimate of drug-likeness (QED) is 0.689. The Morgan fingerprint density at radius 1 is 1.17 bits per heavy atom. The molecule has 0 fully saturated rings. The third kappa shape index (κ3) is 3.46. The largest absolute Gasteiger partial charge is 0.507 e. The molecule has 7 heteroatoms. The maximum atomic E-state index is 11.0. The van der Waals surface area contributed by atoms with E-state index in [0.717, 1.165) is 5.56 Å². The second-order valence-electron chi connectivity index (χ2n) is 4.97. The number of phenols is 1. The summed E-state index contributed by atoms with van der Waals surface area (Å²) >= 11 is 0. The summed E-state index contributed by atoms with van der Waals surface area (Å²) in [4.78, 5) is 14.8. The van der Waals surface area contributed by atoms with Crippen molar-refractivity contribution in [2.75, 3.05) is 0 Å². The molecular weight excluding hydrogens is 310 g/mol. The lowest BCUT2D eigenvalue weighted by atomic mass is 10.1. The fraction of sp³-hybridized carbons (Fsp3) is 0.0588. The van der Waals surface area contributed by atoms with Gasteiger partial charge in [-0.1, -0.05) is 6.07 Å². The Labute approximate surface area is 136 Å². The van der Waals surface area contributed by atoms with Crippen LogP contribution in [0.4, 0.5) is 5.69 Å². The molecule has 0 saturated carbocycles. The Kier molecular flexibility index (Phi) is 4.33. The predicted octanol–water partition coefficient (Wildman–Crippen LogP) is 4.03. The first kappa shape index (κ1) is 15.4. The number of carboxylic acid groups (broad SMARTS) is 1. The molecule has 1 heterocycles. The van der Waals surface area contributed by atoms with Crippen molar-refractivity contribution in [2.24, 2.45) is 10.2 Å². The Morgan fingerprint density at radius 3 is 2.62 bits per heavy atom. The van der Waals surface area contributed by atoms with Gasteiger partial charge in [0.1, 0.15) is 11.3 Å². The van der Waals surface area contributed by atoms with Crippen LogP contribution in [0.1, 0.15) is 15.9 Å². The summed E-state index contributed by atoms with van der Waals surface area (Å²) in [6, 6.07) is 11.6. The van der Waals surface area contributed by atoms with Gasteiger partial charge in [0.2, 0.25) is 0 Å². The fourth-order valence-electron chi connectivity index (χ4n) is 2.10. The number of carboxylic acids is 1. The SMILES string of the molecule is O=C(O)c1cc(CN=Nc2ccc(-c3cnco3)cc2)ccc1O. The summed E-state index contributed by atoms with van der Waals surface area (Å²) in [6.45, 7) is 0.213. The Bertz CT molecular complexity index is 871. The standard InChI is InChI=1S/C17H13N3O4/c21-15-6-1-11(7-14(15)17(22)23)8-19-20-13-4-2-12(3-5-13)16-9-18-10-24-16/h1-7,9-10,21H,8H2,(H,22,23). The zero-order chi connectivity index (χ0) is 16.9. The Hall–Kier alpha value is -3.48. The van der Waals surface area contributed by atoms with Gasteiger partial charge in [0.05, 0.1) is 18.4 Å². The molecule has 24 heavy (non-hydrogen) atoms. The first-order chi connectivity index (χ1) is 11.6. The molecule has 0 radical (unpaired) electrons. The number of benzene rings is 2. The van der Waals surface area contributed by atoms with Gasteiger partial charge < -0.3 is 14.6 Å². The number of hydrogen-bond acceptors (Lipinski definition) is 6. The molecule has 120 valence electrons. The van der Waals surface area contributed by atoms with E-state index >= 15 is 0 Å². The first-order valence-corrected chi connectivity index (χ1v) is 7.05. The van der Waals surface area contributed by atoms with E-state index in [1.807, 2.05) is 12.1 Å². The summed E-state index contributed by atoms with van der Waals surface area (Å²) in [5, 5.41) is 26.6. The third-order valence-electron chi connectivity index (χ3n) is 3.31. The van der Waals surface area contributed by atoms with Crippen LogP contribution in [0, 0.1) is 0 Å². The van der Waals surface area contributed by atoms with E-state index in [-0.39, 0.29) is 17.9 Å². The van der Waals surface area contributed by atoms with Crippen LogP contribution in [0.25, 0.3) is 11.3 Å². The summed E-state index contributed by atoms with van der Waals surface area (Å²) < 4.78 is 5.20. The van der Waals surface area contributed by atoms with Gasteiger partial charge in [0.15, 0.2) is 12.2 Å². The molecule has 3 aromatic rings. The highest BCUT2D eigenvalue weighted by molar-refractivity contribution is 5.90. The molecule has 0 aliphatic heterocycles. The molecule has 2 N–H and O–H groups in total. The number of azo groups is 1. The van der Waals surface area contributed by atoms with Crippen LogP contribution in [-0.2, 0) is 6.54 Å². The molecule has 0 aliphatic carbocycles. The van der Waals surface area contributed by atoms with Gasteiger partial charge in [-0.2, -0.15) is 10.2 Å². The lowest BCUT2D eigenvalue weighted by Gasteiger charge is -2.02. The highest BCUT2D eigenvalue weighted by atomic mass is 16.4. The molecule has 0 bridgehead atoms. The molecule has 7 nitrogen and oxygen atoms in total. The van der Waals surface area contributed by atoms with Gasteiger partial charge in [-0.3, -0.25) is 0 Å². The van der Waals surface area contributed by atoms with Crippen LogP contribution in [0.2, 0.25) is 0 Å². The molecule has 0 amide bonds. The van der Waals surface area contributed by atoms with E-state index in [1.165, 1.54) is 18.5 Å². The molecule has 3 rings (SSSR count). The van der Waals surface area contributed by atoms with E-state index in [9.17, 15) is 9.90 Å². The molecule has 2 aromatic carbocycles. The summed E-state index contributed by atoms with van der Waals surface area (Å²) in [7, 11) is 0. The van der Waals surface area contributed by atoms with Gasteiger partial charge in [-0.25, -0.2) is 9.78 Å². The number of aromatic nitrogens is 1. The molecule has 0 saturated heterocycles. The van der Waals surface area contributed by atoms with Crippen molar-refractivity contribution in [1.82, 2.24) is 4.98 Å². The minimum absolute atomic E-state index is 0.154. The normalized spacial score (nSPS) is 11.0. The summed E-state index contributed by atoms with van der Waals surface area (Å²) in [5.41, 5.74) is 2.04. The zero-order valence-corrected chi connectivity index (χ0v) is 12.5. The monoisotopic (exact) mass is 323 g/mol. The van der Waals surface area contributed by atoms with Crippen LogP contribution in [0.3, 0.4) is 0 Å². The smallest absolute Gasteiger partial charge is 0.339 e. The predicted molar refractivity (Wildman–Crippen MR) is 85.2 cm³/mol. The number of rotatable bonds is 5. The molecular formula is C17H13N3O4. The number of oxazole rings is 1. The van der Waals surface area contributed by atoms with E-state index in [2.05, 4.69) is 15.2 Å². The number of carbonyl (C=O) groups is 1.